The molecule has 1 rings (SSSR count). The van der Waals surface area contributed by atoms with Crippen molar-refractivity contribution < 1.29 is 14.9 Å². The highest BCUT2D eigenvalue weighted by Gasteiger charge is 2.16. The minimum Gasteiger partial charge on any atom is -0.462 e. The number of hydrogen-bond acceptors (Lipinski definition) is 3. The quantitative estimate of drug-likeness (QED) is 0.479. The van der Waals surface area contributed by atoms with Crippen molar-refractivity contribution in [2.24, 2.45) is 0 Å². The molecule has 3 nitrogen and oxygen atoms in total. The van der Waals surface area contributed by atoms with Gasteiger partial charge in [-0.15, -0.1) is 0 Å². The van der Waals surface area contributed by atoms with Crippen LogP contribution in [0.1, 0.15) is 84.0 Å². The lowest BCUT2D eigenvalue weighted by Crippen LogP contribution is -2.15. The van der Waals surface area contributed by atoms with Crippen LogP contribution in [-0.4, -0.2) is 22.9 Å². The maximum Gasteiger partial charge on any atom is 0.129 e. The van der Waals surface area contributed by atoms with Crippen LogP contribution in [-0.2, 0) is 4.74 Å². The SMILES string of the molecule is CCCCCCCCCCCCC(O)C1=CCC=C(CO)O1. The van der Waals surface area contributed by atoms with Gasteiger partial charge in [0.25, 0.3) is 0 Å². The molecule has 1 heterocycles. The Balaban J connectivity index is 1.95. The molecule has 0 aromatic carbocycles. The van der Waals surface area contributed by atoms with E-state index in [-0.39, 0.29) is 6.61 Å². The lowest BCUT2D eigenvalue weighted by molar-refractivity contribution is 0.107. The topological polar surface area (TPSA) is 49.7 Å². The summed E-state index contributed by atoms with van der Waals surface area (Å²) in [7, 11) is 0. The normalized spacial score (nSPS) is 16.0. The summed E-state index contributed by atoms with van der Waals surface area (Å²) in [5.41, 5.74) is 0. The highest BCUT2D eigenvalue weighted by Crippen LogP contribution is 2.21. The first-order valence-electron chi connectivity index (χ1n) is 9.13. The van der Waals surface area contributed by atoms with Crippen molar-refractivity contribution in [3.8, 4) is 0 Å². The van der Waals surface area contributed by atoms with Crippen molar-refractivity contribution in [2.45, 2.75) is 90.1 Å². The lowest BCUT2D eigenvalue weighted by Gasteiger charge is -2.20. The zero-order chi connectivity index (χ0) is 16.0. The van der Waals surface area contributed by atoms with E-state index in [0.717, 1.165) is 19.3 Å². The minimum absolute atomic E-state index is 0.0949. The van der Waals surface area contributed by atoms with Gasteiger partial charge >= 0.3 is 0 Å². The molecule has 22 heavy (non-hydrogen) atoms. The second kappa shape index (κ2) is 12.7. The average molecular weight is 310 g/mol. The summed E-state index contributed by atoms with van der Waals surface area (Å²) in [4.78, 5) is 0. The first-order valence-corrected chi connectivity index (χ1v) is 9.13. The predicted molar refractivity (Wildman–Crippen MR) is 91.4 cm³/mol. The number of ether oxygens (including phenoxy) is 1. The summed E-state index contributed by atoms with van der Waals surface area (Å²) in [6.07, 6.45) is 17.7. The number of hydrogen-bond donors (Lipinski definition) is 2. The highest BCUT2D eigenvalue weighted by atomic mass is 16.5. The Labute approximate surface area is 136 Å². The monoisotopic (exact) mass is 310 g/mol. The Morgan fingerprint density at radius 2 is 1.55 bits per heavy atom. The summed E-state index contributed by atoms with van der Waals surface area (Å²) in [5.74, 6) is 1.17. The van der Waals surface area contributed by atoms with Gasteiger partial charge in [0.2, 0.25) is 0 Å². The van der Waals surface area contributed by atoms with E-state index in [9.17, 15) is 5.11 Å². The van der Waals surface area contributed by atoms with Crippen molar-refractivity contribution in [3.05, 3.63) is 23.7 Å². The minimum atomic E-state index is -0.524. The zero-order valence-corrected chi connectivity index (χ0v) is 14.2. The van der Waals surface area contributed by atoms with Crippen molar-refractivity contribution >= 4 is 0 Å². The van der Waals surface area contributed by atoms with Gasteiger partial charge in [0.1, 0.15) is 24.2 Å². The van der Waals surface area contributed by atoms with E-state index in [1.165, 1.54) is 57.8 Å². The molecule has 0 saturated carbocycles. The smallest absolute Gasteiger partial charge is 0.129 e. The predicted octanol–water partition coefficient (Wildman–Crippen LogP) is 4.84. The van der Waals surface area contributed by atoms with E-state index in [1.807, 2.05) is 12.2 Å². The first-order chi connectivity index (χ1) is 10.8. The number of unbranched alkanes of at least 4 members (excludes halogenated alkanes) is 9. The average Bonchev–Trinajstić information content (AvgIpc) is 2.56. The summed E-state index contributed by atoms with van der Waals surface area (Å²) in [6.45, 7) is 2.16. The molecule has 0 fully saturated rings. The van der Waals surface area contributed by atoms with Crippen LogP contribution >= 0.6 is 0 Å². The number of aliphatic hydroxyl groups excluding tert-OH is 2. The molecule has 0 aliphatic carbocycles. The van der Waals surface area contributed by atoms with Crippen molar-refractivity contribution in [1.82, 2.24) is 0 Å². The largest absolute Gasteiger partial charge is 0.462 e. The van der Waals surface area contributed by atoms with Crippen molar-refractivity contribution in [2.75, 3.05) is 6.61 Å². The van der Waals surface area contributed by atoms with Crippen LogP contribution in [0, 0.1) is 0 Å². The molecule has 0 amide bonds. The van der Waals surface area contributed by atoms with Gasteiger partial charge in [0, 0.05) is 0 Å². The molecule has 1 unspecified atom stereocenters. The molecule has 0 spiro atoms. The third kappa shape index (κ3) is 8.60. The van der Waals surface area contributed by atoms with E-state index in [0.29, 0.717) is 11.5 Å². The van der Waals surface area contributed by atoms with E-state index < -0.39 is 6.10 Å². The molecule has 2 N–H and O–H groups in total. The Morgan fingerprint density at radius 3 is 2.14 bits per heavy atom. The Bertz CT molecular complexity index is 334. The van der Waals surface area contributed by atoms with Crippen LogP contribution in [0.2, 0.25) is 0 Å². The molecule has 1 aliphatic rings. The summed E-state index contributed by atoms with van der Waals surface area (Å²) >= 11 is 0. The number of rotatable bonds is 13. The molecule has 0 radical (unpaired) electrons. The number of allylic oxidation sites excluding steroid dienone is 2. The third-order valence-corrected chi connectivity index (χ3v) is 4.23. The zero-order valence-electron chi connectivity index (χ0n) is 14.2. The molecule has 3 heteroatoms. The lowest BCUT2D eigenvalue weighted by atomic mass is 10.0. The second-order valence-electron chi connectivity index (χ2n) is 6.26. The molecular formula is C19H34O3. The van der Waals surface area contributed by atoms with E-state index in [2.05, 4.69) is 6.92 Å². The first kappa shape index (κ1) is 19.2. The summed E-state index contributed by atoms with van der Waals surface area (Å²) < 4.78 is 5.46. The van der Waals surface area contributed by atoms with Gasteiger partial charge in [-0.05, 0) is 25.0 Å². The Morgan fingerprint density at radius 1 is 0.955 bits per heavy atom. The van der Waals surface area contributed by atoms with Gasteiger partial charge in [0.05, 0.1) is 0 Å². The Hall–Kier alpha value is -0.800. The van der Waals surface area contributed by atoms with Gasteiger partial charge in [-0.25, -0.2) is 0 Å². The molecule has 0 aromatic heterocycles. The van der Waals surface area contributed by atoms with E-state index in [1.54, 1.807) is 0 Å². The highest BCUT2D eigenvalue weighted by molar-refractivity contribution is 5.13. The van der Waals surface area contributed by atoms with Crippen LogP contribution in [0.4, 0.5) is 0 Å². The van der Waals surface area contributed by atoms with Gasteiger partial charge in [-0.3, -0.25) is 0 Å². The van der Waals surface area contributed by atoms with Crippen LogP contribution < -0.4 is 0 Å². The second-order valence-corrected chi connectivity index (χ2v) is 6.26. The van der Waals surface area contributed by atoms with Gasteiger partial charge in [0.15, 0.2) is 0 Å². The summed E-state index contributed by atoms with van der Waals surface area (Å²) in [5, 5.41) is 19.2. The molecular weight excluding hydrogens is 276 g/mol. The fourth-order valence-corrected chi connectivity index (χ4v) is 2.81. The molecule has 1 aliphatic heterocycles. The van der Waals surface area contributed by atoms with Gasteiger partial charge in [-0.2, -0.15) is 0 Å². The fraction of sp³-hybridized carbons (Fsp3) is 0.789. The van der Waals surface area contributed by atoms with E-state index >= 15 is 0 Å². The van der Waals surface area contributed by atoms with Crippen LogP contribution in [0.15, 0.2) is 23.7 Å². The molecule has 128 valence electrons. The maximum absolute atomic E-state index is 10.1. The van der Waals surface area contributed by atoms with Crippen molar-refractivity contribution in [1.29, 1.82) is 0 Å². The van der Waals surface area contributed by atoms with Crippen LogP contribution in [0.5, 0.6) is 0 Å². The maximum atomic E-state index is 10.1. The van der Waals surface area contributed by atoms with Crippen molar-refractivity contribution in [3.63, 3.8) is 0 Å². The molecule has 0 aromatic rings. The number of aliphatic hydroxyl groups is 2. The van der Waals surface area contributed by atoms with E-state index in [4.69, 9.17) is 9.84 Å². The Kier molecular flexibility index (Phi) is 11.1. The summed E-state index contributed by atoms with van der Waals surface area (Å²) in [6, 6.07) is 0. The molecule has 0 saturated heterocycles. The van der Waals surface area contributed by atoms with Gasteiger partial charge in [-0.1, -0.05) is 71.1 Å². The van der Waals surface area contributed by atoms with Crippen LogP contribution in [0.25, 0.3) is 0 Å². The molecule has 0 bridgehead atoms. The van der Waals surface area contributed by atoms with Gasteiger partial charge < -0.3 is 14.9 Å². The fourth-order valence-electron chi connectivity index (χ4n) is 2.81. The third-order valence-electron chi connectivity index (χ3n) is 4.23. The molecule has 1 atom stereocenters. The standard InChI is InChI=1S/C19H34O3/c1-2-3-4-5-6-7-8-9-10-11-14-18(21)19-15-12-13-17(16-20)22-19/h13,15,18,20-21H,2-12,14,16H2,1H3. The van der Waals surface area contributed by atoms with Crippen LogP contribution in [0.3, 0.4) is 0 Å².